The van der Waals surface area contributed by atoms with Crippen LogP contribution in [0, 0.1) is 6.92 Å². The number of sulfonamides is 1. The van der Waals surface area contributed by atoms with E-state index in [0.29, 0.717) is 18.0 Å². The van der Waals surface area contributed by atoms with E-state index >= 15 is 0 Å². The van der Waals surface area contributed by atoms with Crippen molar-refractivity contribution >= 4 is 48.6 Å². The maximum absolute atomic E-state index is 12.8. The fraction of sp³-hybridized carbons (Fsp3) is 0.385. The number of hydrogen-bond donors (Lipinski definition) is 1. The first-order valence-corrected chi connectivity index (χ1v) is 10.3. The third-order valence-corrected chi connectivity index (χ3v) is 7.84. The molecule has 4 nitrogen and oxygen atoms in total. The van der Waals surface area contributed by atoms with Crippen LogP contribution in [-0.4, -0.2) is 26.8 Å². The minimum Gasteiger partial charge on any atom is -0.315 e. The van der Waals surface area contributed by atoms with Crippen LogP contribution in [0.15, 0.2) is 25.5 Å². The van der Waals surface area contributed by atoms with Crippen LogP contribution in [0.3, 0.4) is 0 Å². The second-order valence-corrected chi connectivity index (χ2v) is 9.96. The van der Waals surface area contributed by atoms with Gasteiger partial charge in [0, 0.05) is 25.0 Å². The normalized spacial score (nSPS) is 12.2. The van der Waals surface area contributed by atoms with Crippen LogP contribution >= 0.6 is 38.6 Å². The third kappa shape index (κ3) is 3.75. The van der Waals surface area contributed by atoms with E-state index in [4.69, 9.17) is 0 Å². The standard InChI is InChI=1S/C13H17BrN2O2S3/c1-9-7-19-11(5-15-2)13(9)21(17,18)16(3)6-10-4-12(14)20-8-10/h4,7-8,15H,5-6H2,1-3H3. The predicted octanol–water partition coefficient (Wildman–Crippen LogP) is 3.42. The molecule has 2 aromatic heterocycles. The monoisotopic (exact) mass is 408 g/mol. The zero-order valence-electron chi connectivity index (χ0n) is 12.0. The van der Waals surface area contributed by atoms with Gasteiger partial charge in [0.05, 0.1) is 3.79 Å². The van der Waals surface area contributed by atoms with Gasteiger partial charge in [0.1, 0.15) is 4.90 Å². The summed E-state index contributed by atoms with van der Waals surface area (Å²) in [5.41, 5.74) is 1.80. The van der Waals surface area contributed by atoms with E-state index in [2.05, 4.69) is 21.2 Å². The molecule has 0 aliphatic carbocycles. The first-order chi connectivity index (χ1) is 9.86. The van der Waals surface area contributed by atoms with Gasteiger partial charge in [0.2, 0.25) is 10.0 Å². The Bertz CT molecular complexity index is 722. The van der Waals surface area contributed by atoms with E-state index in [-0.39, 0.29) is 0 Å². The molecular weight excluding hydrogens is 392 g/mol. The Kier molecular flexibility index (Phi) is 5.61. The molecule has 0 saturated carbocycles. The molecule has 2 heterocycles. The summed E-state index contributed by atoms with van der Waals surface area (Å²) in [4.78, 5) is 1.30. The van der Waals surface area contributed by atoms with E-state index < -0.39 is 10.0 Å². The maximum Gasteiger partial charge on any atom is 0.244 e. The van der Waals surface area contributed by atoms with E-state index in [9.17, 15) is 8.42 Å². The van der Waals surface area contributed by atoms with Gasteiger partial charge in [0.15, 0.2) is 0 Å². The van der Waals surface area contributed by atoms with Crippen molar-refractivity contribution in [2.45, 2.75) is 24.9 Å². The molecule has 0 saturated heterocycles. The lowest BCUT2D eigenvalue weighted by atomic mass is 10.3. The van der Waals surface area contributed by atoms with Crippen LogP contribution in [-0.2, 0) is 23.1 Å². The lowest BCUT2D eigenvalue weighted by molar-refractivity contribution is 0.466. The lowest BCUT2D eigenvalue weighted by Gasteiger charge is -2.18. The van der Waals surface area contributed by atoms with Crippen molar-refractivity contribution in [2.24, 2.45) is 0 Å². The molecule has 0 unspecified atom stereocenters. The topological polar surface area (TPSA) is 49.4 Å². The molecule has 0 atom stereocenters. The second-order valence-electron chi connectivity index (χ2n) is 4.72. The van der Waals surface area contributed by atoms with Crippen molar-refractivity contribution in [2.75, 3.05) is 14.1 Å². The zero-order valence-corrected chi connectivity index (χ0v) is 16.0. The number of nitrogens with zero attached hydrogens (tertiary/aromatic N) is 1. The quantitative estimate of drug-likeness (QED) is 0.796. The van der Waals surface area contributed by atoms with Gasteiger partial charge in [-0.1, -0.05) is 0 Å². The van der Waals surface area contributed by atoms with Gasteiger partial charge in [-0.25, -0.2) is 8.42 Å². The zero-order chi connectivity index (χ0) is 15.6. The van der Waals surface area contributed by atoms with Crippen LogP contribution in [0.1, 0.15) is 16.0 Å². The minimum absolute atomic E-state index is 0.374. The fourth-order valence-electron chi connectivity index (χ4n) is 2.04. The molecule has 0 aromatic carbocycles. The first kappa shape index (κ1) is 17.1. The van der Waals surface area contributed by atoms with Crippen molar-refractivity contribution in [1.29, 1.82) is 0 Å². The van der Waals surface area contributed by atoms with Crippen molar-refractivity contribution < 1.29 is 8.42 Å². The Morgan fingerprint density at radius 3 is 2.62 bits per heavy atom. The van der Waals surface area contributed by atoms with Gasteiger partial charge in [-0.2, -0.15) is 4.31 Å². The lowest BCUT2D eigenvalue weighted by Crippen LogP contribution is -2.27. The number of nitrogens with one attached hydrogen (secondary N) is 1. The highest BCUT2D eigenvalue weighted by Crippen LogP contribution is 2.30. The first-order valence-electron chi connectivity index (χ1n) is 6.27. The highest BCUT2D eigenvalue weighted by atomic mass is 79.9. The summed E-state index contributed by atoms with van der Waals surface area (Å²) in [5, 5.41) is 6.89. The molecule has 116 valence electrons. The summed E-state index contributed by atoms with van der Waals surface area (Å²) in [6.45, 7) is 2.78. The Hall–Kier alpha value is -0.250. The van der Waals surface area contributed by atoms with Crippen molar-refractivity contribution in [1.82, 2.24) is 9.62 Å². The molecule has 21 heavy (non-hydrogen) atoms. The molecule has 0 radical (unpaired) electrons. The van der Waals surface area contributed by atoms with Gasteiger partial charge in [-0.3, -0.25) is 0 Å². The number of aryl methyl sites for hydroxylation is 1. The van der Waals surface area contributed by atoms with Crippen LogP contribution in [0.4, 0.5) is 0 Å². The van der Waals surface area contributed by atoms with E-state index in [1.165, 1.54) is 15.6 Å². The molecule has 2 rings (SSSR count). The van der Waals surface area contributed by atoms with Crippen LogP contribution < -0.4 is 5.32 Å². The van der Waals surface area contributed by atoms with Crippen molar-refractivity contribution in [3.05, 3.63) is 36.6 Å². The minimum atomic E-state index is -3.48. The molecule has 0 aliphatic heterocycles. The summed E-state index contributed by atoms with van der Waals surface area (Å²) in [6.07, 6.45) is 0. The fourth-order valence-corrected chi connectivity index (χ4v) is 6.17. The molecule has 1 N–H and O–H groups in total. The van der Waals surface area contributed by atoms with E-state index in [1.807, 2.05) is 30.8 Å². The summed E-state index contributed by atoms with van der Waals surface area (Å²) < 4.78 is 28.1. The van der Waals surface area contributed by atoms with Gasteiger partial charge >= 0.3 is 0 Å². The summed E-state index contributed by atoms with van der Waals surface area (Å²) in [6, 6.07) is 1.95. The van der Waals surface area contributed by atoms with Crippen LogP contribution in [0.5, 0.6) is 0 Å². The molecular formula is C13H17BrN2O2S3. The van der Waals surface area contributed by atoms with E-state index in [1.54, 1.807) is 18.4 Å². The highest BCUT2D eigenvalue weighted by Gasteiger charge is 2.27. The van der Waals surface area contributed by atoms with Gasteiger partial charge in [-0.15, -0.1) is 22.7 Å². The van der Waals surface area contributed by atoms with Gasteiger partial charge in [0.25, 0.3) is 0 Å². The molecule has 2 aromatic rings. The number of halogens is 1. The Balaban J connectivity index is 2.30. The smallest absolute Gasteiger partial charge is 0.244 e. The molecule has 0 fully saturated rings. The average molecular weight is 409 g/mol. The number of thiophene rings is 2. The average Bonchev–Trinajstić information content (AvgIpc) is 2.97. The second kappa shape index (κ2) is 6.89. The molecule has 8 heteroatoms. The summed E-state index contributed by atoms with van der Waals surface area (Å²) in [7, 11) is -0.0314. The van der Waals surface area contributed by atoms with Crippen molar-refractivity contribution in [3.8, 4) is 0 Å². The molecule has 0 spiro atoms. The SMILES string of the molecule is CNCc1scc(C)c1S(=O)(=O)N(C)Cc1csc(Br)c1. The van der Waals surface area contributed by atoms with Gasteiger partial charge < -0.3 is 5.32 Å². The Labute approximate surface area is 142 Å². The molecule has 0 bridgehead atoms. The summed E-state index contributed by atoms with van der Waals surface area (Å²) in [5.74, 6) is 0. The highest BCUT2D eigenvalue weighted by molar-refractivity contribution is 9.11. The summed E-state index contributed by atoms with van der Waals surface area (Å²) >= 11 is 6.44. The Morgan fingerprint density at radius 2 is 2.05 bits per heavy atom. The predicted molar refractivity (Wildman–Crippen MR) is 92.5 cm³/mol. The Morgan fingerprint density at radius 1 is 1.33 bits per heavy atom. The van der Waals surface area contributed by atoms with Crippen LogP contribution in [0.2, 0.25) is 0 Å². The molecule has 0 amide bonds. The third-order valence-electron chi connectivity index (χ3n) is 3.02. The van der Waals surface area contributed by atoms with Crippen molar-refractivity contribution in [3.63, 3.8) is 0 Å². The largest absolute Gasteiger partial charge is 0.315 e. The van der Waals surface area contributed by atoms with Gasteiger partial charge in [-0.05, 0) is 57.9 Å². The van der Waals surface area contributed by atoms with Crippen LogP contribution in [0.25, 0.3) is 0 Å². The number of rotatable bonds is 6. The number of hydrogen-bond acceptors (Lipinski definition) is 5. The maximum atomic E-state index is 12.8. The molecule has 0 aliphatic rings. The van der Waals surface area contributed by atoms with E-state index in [0.717, 1.165) is 19.8 Å².